The second-order valence-electron chi connectivity index (χ2n) is 8.86. The predicted octanol–water partition coefficient (Wildman–Crippen LogP) is 4.04. The highest BCUT2D eigenvalue weighted by Crippen LogP contribution is 2.35. The lowest BCUT2D eigenvalue weighted by Gasteiger charge is -2.30. The minimum absolute atomic E-state index is 0. The number of hydrazone groups is 1. The van der Waals surface area contributed by atoms with Crippen LogP contribution in [0.3, 0.4) is 0 Å². The van der Waals surface area contributed by atoms with E-state index in [9.17, 15) is 9.59 Å². The molecule has 3 aliphatic rings. The van der Waals surface area contributed by atoms with Crippen molar-refractivity contribution in [2.45, 2.75) is 38.8 Å². The first-order chi connectivity index (χ1) is 15.5. The molecule has 0 spiro atoms. The molecule has 1 unspecified atom stereocenters. The molecule has 6 nitrogen and oxygen atoms in total. The van der Waals surface area contributed by atoms with Crippen molar-refractivity contribution in [2.75, 3.05) is 20.1 Å². The van der Waals surface area contributed by atoms with Gasteiger partial charge < -0.3 is 4.90 Å². The number of aryl methyl sites for hydroxylation is 1. The summed E-state index contributed by atoms with van der Waals surface area (Å²) in [4.78, 5) is 31.0. The minimum atomic E-state index is -0.203. The fourth-order valence-corrected chi connectivity index (χ4v) is 6.45. The summed E-state index contributed by atoms with van der Waals surface area (Å²) in [6.45, 7) is 4.66. The van der Waals surface area contributed by atoms with E-state index in [-0.39, 0.29) is 36.2 Å². The molecule has 1 aromatic heterocycles. The van der Waals surface area contributed by atoms with Crippen LogP contribution in [0.15, 0.2) is 52.7 Å². The Morgan fingerprint density at radius 2 is 2.15 bits per heavy atom. The fraction of sp³-hybridized carbons (Fsp3) is 0.400. The number of halogens is 1. The van der Waals surface area contributed by atoms with E-state index in [0.717, 1.165) is 43.5 Å². The van der Waals surface area contributed by atoms with Gasteiger partial charge in [-0.1, -0.05) is 24.3 Å². The normalized spacial score (nSPS) is 22.7. The van der Waals surface area contributed by atoms with Gasteiger partial charge in [-0.15, -0.1) is 23.7 Å². The number of rotatable bonds is 4. The van der Waals surface area contributed by atoms with Crippen LogP contribution in [0.1, 0.15) is 29.7 Å². The zero-order valence-electron chi connectivity index (χ0n) is 18.9. The van der Waals surface area contributed by atoms with Gasteiger partial charge >= 0.3 is 0 Å². The second kappa shape index (κ2) is 9.79. The van der Waals surface area contributed by atoms with Gasteiger partial charge in [-0.25, -0.2) is 5.43 Å². The van der Waals surface area contributed by atoms with Gasteiger partial charge in [-0.05, 0) is 60.9 Å². The molecule has 1 saturated heterocycles. The molecule has 2 atom stereocenters. The highest BCUT2D eigenvalue weighted by Gasteiger charge is 2.41. The standard InChI is InChI=1S/C25H28N4O2S.ClH/c1-16-18-6-3-4-8-21(18)32-22(16)15-28(2)23(30)10-9-17-11-13-29-12-5-7-20(29)24-19(17)14-26-27-25(24)31;/h3-4,6,8-10,14,20,24H,5,7,11-13,15H2,1-2H3,(H,27,31);1H/b10-9+;/t20?,24-;/m0./s1. The fourth-order valence-electron chi connectivity index (χ4n) is 5.18. The number of carbonyl (C=O) groups excluding carboxylic acids is 2. The zero-order valence-corrected chi connectivity index (χ0v) is 20.5. The molecule has 0 saturated carbocycles. The Hall–Kier alpha value is -2.48. The number of nitrogens with one attached hydrogen (secondary N) is 1. The number of amides is 2. The smallest absolute Gasteiger partial charge is 0.249 e. The van der Waals surface area contributed by atoms with Crippen LogP contribution >= 0.6 is 23.7 Å². The van der Waals surface area contributed by atoms with E-state index in [2.05, 4.69) is 40.5 Å². The van der Waals surface area contributed by atoms with Gasteiger partial charge in [0.05, 0.1) is 18.7 Å². The van der Waals surface area contributed by atoms with Gasteiger partial charge in [0.1, 0.15) is 0 Å². The Morgan fingerprint density at radius 3 is 2.97 bits per heavy atom. The lowest BCUT2D eigenvalue weighted by Crippen LogP contribution is -2.45. The number of hydrogen-bond acceptors (Lipinski definition) is 5. The average molecular weight is 485 g/mol. The predicted molar refractivity (Wildman–Crippen MR) is 136 cm³/mol. The number of hydrogen-bond donors (Lipinski definition) is 1. The maximum atomic E-state index is 12.9. The van der Waals surface area contributed by atoms with Gasteiger partial charge in [0.25, 0.3) is 0 Å². The van der Waals surface area contributed by atoms with E-state index in [1.54, 1.807) is 28.5 Å². The first-order valence-corrected chi connectivity index (χ1v) is 12.0. The summed E-state index contributed by atoms with van der Waals surface area (Å²) in [6.07, 6.45) is 8.32. The van der Waals surface area contributed by atoms with Gasteiger partial charge in [0.15, 0.2) is 0 Å². The summed E-state index contributed by atoms with van der Waals surface area (Å²) < 4.78 is 1.25. The van der Waals surface area contributed by atoms with Crippen LogP contribution in [0.5, 0.6) is 0 Å². The highest BCUT2D eigenvalue weighted by atomic mass is 35.5. The number of nitrogens with zero attached hydrogens (tertiary/aromatic N) is 3. The third kappa shape index (κ3) is 4.50. The summed E-state index contributed by atoms with van der Waals surface area (Å²) >= 11 is 1.75. The molecular formula is C25H29ClN4O2S. The van der Waals surface area contributed by atoms with Crippen molar-refractivity contribution in [3.8, 4) is 0 Å². The Balaban J connectivity index is 0.00000259. The minimum Gasteiger partial charge on any atom is -0.337 e. The van der Waals surface area contributed by atoms with Gasteiger partial charge in [0.2, 0.25) is 11.8 Å². The van der Waals surface area contributed by atoms with E-state index in [1.807, 2.05) is 19.2 Å². The average Bonchev–Trinajstić information content (AvgIpc) is 3.34. The SMILES string of the molecule is Cc1c(CN(C)C(=O)/C=C/C2=C3C=NNC(=O)[C@@H]3C3CCCN3CC2)sc2ccccc12.Cl. The number of fused-ring (bicyclic) bond motifs is 4. The Kier molecular flexibility index (Phi) is 7.02. The molecule has 2 amide bonds. The first-order valence-electron chi connectivity index (χ1n) is 11.2. The molecule has 1 aromatic carbocycles. The lowest BCUT2D eigenvalue weighted by atomic mass is 9.86. The van der Waals surface area contributed by atoms with Gasteiger partial charge in [-0.3, -0.25) is 14.5 Å². The van der Waals surface area contributed by atoms with Crippen LogP contribution < -0.4 is 5.43 Å². The van der Waals surface area contributed by atoms with E-state index < -0.39 is 0 Å². The van der Waals surface area contributed by atoms with Crippen molar-refractivity contribution >= 4 is 51.9 Å². The quantitative estimate of drug-likeness (QED) is 0.666. The van der Waals surface area contributed by atoms with E-state index in [0.29, 0.717) is 6.54 Å². The Morgan fingerprint density at radius 1 is 1.33 bits per heavy atom. The van der Waals surface area contributed by atoms with Crippen molar-refractivity contribution in [1.82, 2.24) is 15.2 Å². The number of likely N-dealkylation sites (N-methyl/N-ethyl adjacent to an activating group) is 1. The van der Waals surface area contributed by atoms with E-state index >= 15 is 0 Å². The summed E-state index contributed by atoms with van der Waals surface area (Å²) in [5.74, 6) is -0.268. The van der Waals surface area contributed by atoms with Crippen molar-refractivity contribution < 1.29 is 9.59 Å². The van der Waals surface area contributed by atoms with Crippen LogP contribution in [0, 0.1) is 12.8 Å². The van der Waals surface area contributed by atoms with Crippen LogP contribution in [-0.2, 0) is 16.1 Å². The molecule has 0 aliphatic carbocycles. The molecule has 1 N–H and O–H groups in total. The van der Waals surface area contributed by atoms with Crippen LogP contribution in [0.2, 0.25) is 0 Å². The van der Waals surface area contributed by atoms with Crippen molar-refractivity contribution in [1.29, 1.82) is 0 Å². The maximum absolute atomic E-state index is 12.9. The highest BCUT2D eigenvalue weighted by molar-refractivity contribution is 7.19. The molecule has 3 aliphatic heterocycles. The molecule has 174 valence electrons. The molecule has 1 fully saturated rings. The topological polar surface area (TPSA) is 65.0 Å². The Bertz CT molecular complexity index is 1170. The van der Waals surface area contributed by atoms with Gasteiger partial charge in [0, 0.05) is 35.3 Å². The molecule has 4 heterocycles. The van der Waals surface area contributed by atoms with Gasteiger partial charge in [-0.2, -0.15) is 5.10 Å². The summed E-state index contributed by atoms with van der Waals surface area (Å²) in [5.41, 5.74) is 5.90. The third-order valence-electron chi connectivity index (χ3n) is 6.96. The number of allylic oxidation sites excluding steroid dienone is 1. The largest absolute Gasteiger partial charge is 0.337 e. The third-order valence-corrected chi connectivity index (χ3v) is 8.22. The number of thiophene rings is 1. The number of carbonyl (C=O) groups is 2. The van der Waals surface area contributed by atoms with Crippen molar-refractivity contribution in [3.63, 3.8) is 0 Å². The second-order valence-corrected chi connectivity index (χ2v) is 10.00. The zero-order chi connectivity index (χ0) is 22.2. The summed E-state index contributed by atoms with van der Waals surface area (Å²) in [5, 5.41) is 5.33. The molecule has 5 rings (SSSR count). The number of benzene rings is 1. The lowest BCUT2D eigenvalue weighted by molar-refractivity contribution is -0.126. The van der Waals surface area contributed by atoms with Crippen molar-refractivity contribution in [3.05, 3.63) is 58.0 Å². The maximum Gasteiger partial charge on any atom is 0.249 e. The first kappa shape index (κ1) is 23.7. The van der Waals surface area contributed by atoms with Crippen LogP contribution in [0.4, 0.5) is 0 Å². The van der Waals surface area contributed by atoms with Crippen LogP contribution in [-0.4, -0.2) is 54.0 Å². The molecule has 0 radical (unpaired) electrons. The molecule has 8 heteroatoms. The van der Waals surface area contributed by atoms with E-state index in [1.165, 1.54) is 20.5 Å². The van der Waals surface area contributed by atoms with Crippen molar-refractivity contribution in [2.24, 2.45) is 11.0 Å². The summed E-state index contributed by atoms with van der Waals surface area (Å²) in [6, 6.07) is 8.60. The molecular weight excluding hydrogens is 456 g/mol. The monoisotopic (exact) mass is 484 g/mol. The van der Waals surface area contributed by atoms with E-state index in [4.69, 9.17) is 0 Å². The molecule has 2 aromatic rings. The summed E-state index contributed by atoms with van der Waals surface area (Å²) in [7, 11) is 1.84. The molecule has 0 bridgehead atoms. The molecule has 33 heavy (non-hydrogen) atoms. The van der Waals surface area contributed by atoms with Crippen LogP contribution in [0.25, 0.3) is 10.1 Å². The Labute approximate surface area is 204 Å².